The number of rotatable bonds is 6. The molecule has 2 aromatic heterocycles. The molecular weight excluding hydrogens is 354 g/mol. The Balaban J connectivity index is 1.70. The minimum atomic E-state index is -0.542. The Bertz CT molecular complexity index is 1030. The van der Waals surface area contributed by atoms with E-state index in [4.69, 9.17) is 4.42 Å². The highest BCUT2D eigenvalue weighted by molar-refractivity contribution is 5.78. The predicted molar refractivity (Wildman–Crippen MR) is 97.6 cm³/mol. The van der Waals surface area contributed by atoms with Crippen LogP contribution in [0.1, 0.15) is 11.3 Å². The summed E-state index contributed by atoms with van der Waals surface area (Å²) in [5.41, 5.74) is 3.67. The summed E-state index contributed by atoms with van der Waals surface area (Å²) in [4.78, 5) is 24.5. The Morgan fingerprint density at radius 2 is 1.93 bits per heavy atom. The maximum Gasteiger partial charge on any atom is 0.287 e. The van der Waals surface area contributed by atoms with Crippen molar-refractivity contribution >= 4 is 23.4 Å². The van der Waals surface area contributed by atoms with Gasteiger partial charge in [-0.15, -0.1) is 0 Å². The molecule has 3 rings (SSSR count). The molecule has 2 heterocycles. The Morgan fingerprint density at radius 1 is 1.11 bits per heavy atom. The van der Waals surface area contributed by atoms with Gasteiger partial charge in [0.05, 0.1) is 16.1 Å². The predicted octanol–water partition coefficient (Wildman–Crippen LogP) is 3.91. The number of furan rings is 1. The van der Waals surface area contributed by atoms with Crippen LogP contribution in [0.3, 0.4) is 0 Å². The molecular formula is C17H13N5O5. The zero-order valence-corrected chi connectivity index (χ0v) is 14.0. The van der Waals surface area contributed by atoms with Gasteiger partial charge in [-0.3, -0.25) is 25.7 Å². The van der Waals surface area contributed by atoms with E-state index in [1.54, 1.807) is 31.2 Å². The van der Waals surface area contributed by atoms with E-state index in [1.165, 1.54) is 24.4 Å². The number of nitro benzene ring substituents is 1. The third-order valence-corrected chi connectivity index (χ3v) is 3.65. The number of nitro groups is 2. The first kappa shape index (κ1) is 17.7. The monoisotopic (exact) mass is 367 g/mol. The standard InChI is InChI=1S/C17H13N5O5/c1-11-2-3-12(8-15(11)22(25)26)16-6-5-14(27-16)10-19-20-17-7-4-13(9-18-17)21(23)24/h2-10H,1H3,(H,18,20)/b19-10+. The van der Waals surface area contributed by atoms with Gasteiger partial charge in [-0.1, -0.05) is 12.1 Å². The first-order valence-electron chi connectivity index (χ1n) is 7.69. The first-order chi connectivity index (χ1) is 12.9. The van der Waals surface area contributed by atoms with Crippen molar-refractivity contribution in [3.63, 3.8) is 0 Å². The lowest BCUT2D eigenvalue weighted by molar-refractivity contribution is -0.385. The summed E-state index contributed by atoms with van der Waals surface area (Å²) in [6, 6.07) is 10.9. The number of aromatic nitrogens is 1. The summed E-state index contributed by atoms with van der Waals surface area (Å²) in [5.74, 6) is 1.22. The summed E-state index contributed by atoms with van der Waals surface area (Å²) < 4.78 is 5.61. The third kappa shape index (κ3) is 4.12. The fourth-order valence-electron chi connectivity index (χ4n) is 2.26. The van der Waals surface area contributed by atoms with Gasteiger partial charge in [-0.05, 0) is 25.1 Å². The van der Waals surface area contributed by atoms with Gasteiger partial charge in [-0.25, -0.2) is 4.98 Å². The molecule has 0 bridgehead atoms. The number of hydrogen-bond acceptors (Lipinski definition) is 8. The topological polar surface area (TPSA) is 137 Å². The highest BCUT2D eigenvalue weighted by Gasteiger charge is 2.13. The molecule has 0 atom stereocenters. The number of anilines is 1. The van der Waals surface area contributed by atoms with E-state index in [2.05, 4.69) is 15.5 Å². The van der Waals surface area contributed by atoms with Crippen LogP contribution in [0.4, 0.5) is 17.2 Å². The summed E-state index contributed by atoms with van der Waals surface area (Å²) in [7, 11) is 0. The molecule has 0 aliphatic carbocycles. The second-order valence-corrected chi connectivity index (χ2v) is 5.49. The lowest BCUT2D eigenvalue weighted by Gasteiger charge is -2.00. The molecule has 0 fully saturated rings. The molecule has 0 spiro atoms. The van der Waals surface area contributed by atoms with Gasteiger partial charge < -0.3 is 4.42 Å². The smallest absolute Gasteiger partial charge is 0.287 e. The maximum absolute atomic E-state index is 11.0. The molecule has 136 valence electrons. The van der Waals surface area contributed by atoms with Crippen LogP contribution in [0.5, 0.6) is 0 Å². The number of nitrogens with one attached hydrogen (secondary N) is 1. The SMILES string of the molecule is Cc1ccc(-c2ccc(/C=N/Nc3ccc([N+](=O)[O-])cn3)o2)cc1[N+](=O)[O-]. The van der Waals surface area contributed by atoms with Crippen LogP contribution in [0.2, 0.25) is 0 Å². The van der Waals surface area contributed by atoms with Crippen molar-refractivity contribution in [2.75, 3.05) is 5.43 Å². The average molecular weight is 367 g/mol. The van der Waals surface area contributed by atoms with Gasteiger partial charge in [0.25, 0.3) is 11.4 Å². The molecule has 0 aliphatic rings. The molecule has 0 aliphatic heterocycles. The third-order valence-electron chi connectivity index (χ3n) is 3.65. The van der Waals surface area contributed by atoms with E-state index < -0.39 is 9.85 Å². The van der Waals surface area contributed by atoms with Crippen molar-refractivity contribution in [1.82, 2.24) is 4.98 Å². The fraction of sp³-hybridized carbons (Fsp3) is 0.0588. The van der Waals surface area contributed by atoms with Gasteiger partial charge in [0.15, 0.2) is 0 Å². The van der Waals surface area contributed by atoms with Crippen molar-refractivity contribution in [2.45, 2.75) is 6.92 Å². The largest absolute Gasteiger partial charge is 0.455 e. The minimum Gasteiger partial charge on any atom is -0.455 e. The van der Waals surface area contributed by atoms with Crippen LogP contribution in [0.25, 0.3) is 11.3 Å². The summed E-state index contributed by atoms with van der Waals surface area (Å²) in [6.45, 7) is 1.67. The molecule has 10 heteroatoms. The summed E-state index contributed by atoms with van der Waals surface area (Å²) >= 11 is 0. The van der Waals surface area contributed by atoms with Crippen LogP contribution in [-0.2, 0) is 0 Å². The second kappa shape index (κ2) is 7.44. The molecule has 0 amide bonds. The van der Waals surface area contributed by atoms with E-state index in [9.17, 15) is 20.2 Å². The number of hydrogen-bond donors (Lipinski definition) is 1. The first-order valence-corrected chi connectivity index (χ1v) is 7.69. The molecule has 27 heavy (non-hydrogen) atoms. The molecule has 10 nitrogen and oxygen atoms in total. The Labute approximate surface area is 152 Å². The van der Waals surface area contributed by atoms with Crippen molar-refractivity contribution in [3.8, 4) is 11.3 Å². The quantitative estimate of drug-likeness (QED) is 0.396. The average Bonchev–Trinajstić information content (AvgIpc) is 3.11. The van der Waals surface area contributed by atoms with E-state index in [0.29, 0.717) is 28.5 Å². The van der Waals surface area contributed by atoms with Crippen LogP contribution in [-0.4, -0.2) is 21.0 Å². The highest BCUT2D eigenvalue weighted by atomic mass is 16.6. The van der Waals surface area contributed by atoms with E-state index in [0.717, 1.165) is 6.20 Å². The zero-order valence-electron chi connectivity index (χ0n) is 14.0. The zero-order chi connectivity index (χ0) is 19.4. The van der Waals surface area contributed by atoms with Gasteiger partial charge in [-0.2, -0.15) is 5.10 Å². The second-order valence-electron chi connectivity index (χ2n) is 5.49. The van der Waals surface area contributed by atoms with Gasteiger partial charge in [0, 0.05) is 23.3 Å². The molecule has 0 saturated carbocycles. The van der Waals surface area contributed by atoms with Crippen molar-refractivity contribution < 1.29 is 14.3 Å². The number of aryl methyl sites for hydroxylation is 1. The lowest BCUT2D eigenvalue weighted by atomic mass is 10.1. The van der Waals surface area contributed by atoms with Crippen LogP contribution < -0.4 is 5.43 Å². The van der Waals surface area contributed by atoms with Crippen molar-refractivity contribution in [1.29, 1.82) is 0 Å². The lowest BCUT2D eigenvalue weighted by Crippen LogP contribution is -1.94. The summed E-state index contributed by atoms with van der Waals surface area (Å²) in [5, 5.41) is 25.6. The van der Waals surface area contributed by atoms with E-state index >= 15 is 0 Å². The number of nitrogens with zero attached hydrogens (tertiary/aromatic N) is 4. The van der Waals surface area contributed by atoms with Crippen LogP contribution in [0, 0.1) is 27.2 Å². The van der Waals surface area contributed by atoms with E-state index in [1.807, 2.05) is 0 Å². The van der Waals surface area contributed by atoms with Gasteiger partial charge in [0.1, 0.15) is 23.5 Å². The van der Waals surface area contributed by atoms with Crippen LogP contribution in [0.15, 0.2) is 58.2 Å². The maximum atomic E-state index is 11.0. The molecule has 0 unspecified atom stereocenters. The molecule has 3 aromatic rings. The van der Waals surface area contributed by atoms with Gasteiger partial charge >= 0.3 is 0 Å². The van der Waals surface area contributed by atoms with Crippen LogP contribution >= 0.6 is 0 Å². The number of hydrazone groups is 1. The molecule has 0 radical (unpaired) electrons. The highest BCUT2D eigenvalue weighted by Crippen LogP contribution is 2.27. The molecule has 0 saturated heterocycles. The fourth-order valence-corrected chi connectivity index (χ4v) is 2.26. The van der Waals surface area contributed by atoms with E-state index in [-0.39, 0.29) is 11.4 Å². The van der Waals surface area contributed by atoms with Gasteiger partial charge in [0.2, 0.25) is 0 Å². The van der Waals surface area contributed by atoms with Crippen molar-refractivity contribution in [3.05, 3.63) is 80.2 Å². The number of benzene rings is 1. The normalized spacial score (nSPS) is 10.9. The Kier molecular flexibility index (Phi) is 4.88. The summed E-state index contributed by atoms with van der Waals surface area (Å²) in [6.07, 6.45) is 2.52. The Morgan fingerprint density at radius 3 is 2.59 bits per heavy atom. The molecule has 1 aromatic carbocycles. The molecule has 1 N–H and O–H groups in total. The minimum absolute atomic E-state index is 0.0185. The Hall–Kier alpha value is -4.08. The number of pyridine rings is 1. The van der Waals surface area contributed by atoms with Crippen molar-refractivity contribution in [2.24, 2.45) is 5.10 Å².